The normalized spacial score (nSPS) is 22.4. The van der Waals surface area contributed by atoms with Crippen LogP contribution in [0, 0.1) is 11.8 Å². The van der Waals surface area contributed by atoms with Crippen molar-refractivity contribution in [1.82, 2.24) is 4.90 Å². The molecule has 0 aromatic rings. The summed E-state index contributed by atoms with van der Waals surface area (Å²) in [5.41, 5.74) is 5.53. The second-order valence-corrected chi connectivity index (χ2v) is 4.83. The molecule has 94 valence electrons. The lowest BCUT2D eigenvalue weighted by Gasteiger charge is -2.17. The largest absolute Gasteiger partial charge is 0.384 e. The summed E-state index contributed by atoms with van der Waals surface area (Å²) in [4.78, 5) is 13.8. The van der Waals surface area contributed by atoms with Gasteiger partial charge in [-0.1, -0.05) is 6.92 Å². The van der Waals surface area contributed by atoms with Gasteiger partial charge in [-0.25, -0.2) is 0 Å². The minimum Gasteiger partial charge on any atom is -0.384 e. The molecule has 1 fully saturated rings. The number of hydrogen-bond acceptors (Lipinski definition) is 3. The van der Waals surface area contributed by atoms with E-state index >= 15 is 0 Å². The Hall–Kier alpha value is -0.610. The third kappa shape index (κ3) is 4.10. The smallest absolute Gasteiger partial charge is 0.222 e. The molecular weight excluding hydrogens is 204 g/mol. The molecule has 2 unspecified atom stereocenters. The van der Waals surface area contributed by atoms with E-state index in [2.05, 4.69) is 6.92 Å². The molecule has 1 aliphatic rings. The molecular formula is C12H24N2O2. The van der Waals surface area contributed by atoms with Gasteiger partial charge < -0.3 is 15.4 Å². The Morgan fingerprint density at radius 2 is 2.38 bits per heavy atom. The summed E-state index contributed by atoms with van der Waals surface area (Å²) in [5.74, 6) is 1.25. The number of ether oxygens (including phenoxy) is 1. The predicted molar refractivity (Wildman–Crippen MR) is 64.0 cm³/mol. The van der Waals surface area contributed by atoms with Gasteiger partial charge >= 0.3 is 0 Å². The van der Waals surface area contributed by atoms with E-state index in [1.54, 1.807) is 7.11 Å². The third-order valence-corrected chi connectivity index (χ3v) is 3.29. The summed E-state index contributed by atoms with van der Waals surface area (Å²) in [5, 5.41) is 0. The van der Waals surface area contributed by atoms with Crippen LogP contribution in [0.5, 0.6) is 0 Å². The monoisotopic (exact) mass is 228 g/mol. The Bertz CT molecular complexity index is 221. The van der Waals surface area contributed by atoms with Crippen LogP contribution in [0.25, 0.3) is 0 Å². The number of hydrogen-bond donors (Lipinski definition) is 1. The number of carbonyl (C=O) groups excluding carboxylic acids is 1. The Balaban J connectivity index is 2.23. The molecule has 0 bridgehead atoms. The van der Waals surface area contributed by atoms with E-state index in [4.69, 9.17) is 10.5 Å². The van der Waals surface area contributed by atoms with Gasteiger partial charge in [0.2, 0.25) is 5.91 Å². The minimum atomic E-state index is 0.277. The van der Waals surface area contributed by atoms with Gasteiger partial charge in [0, 0.05) is 32.5 Å². The molecule has 1 rings (SSSR count). The van der Waals surface area contributed by atoms with Gasteiger partial charge in [-0.15, -0.1) is 0 Å². The van der Waals surface area contributed by atoms with Crippen molar-refractivity contribution in [3.63, 3.8) is 0 Å². The number of nitrogens with two attached hydrogens (primary N) is 1. The molecule has 16 heavy (non-hydrogen) atoms. The highest BCUT2D eigenvalue weighted by Gasteiger charge is 2.25. The first-order chi connectivity index (χ1) is 7.67. The van der Waals surface area contributed by atoms with Gasteiger partial charge in [-0.05, 0) is 25.3 Å². The van der Waals surface area contributed by atoms with Gasteiger partial charge in [0.25, 0.3) is 0 Å². The zero-order valence-corrected chi connectivity index (χ0v) is 10.4. The van der Waals surface area contributed by atoms with Gasteiger partial charge in [-0.2, -0.15) is 0 Å². The molecule has 0 radical (unpaired) electrons. The number of amides is 1. The number of methoxy groups -OCH3 is 1. The first-order valence-electron chi connectivity index (χ1n) is 6.14. The highest BCUT2D eigenvalue weighted by atomic mass is 16.5. The first kappa shape index (κ1) is 13.5. The van der Waals surface area contributed by atoms with Crippen LogP contribution >= 0.6 is 0 Å². The van der Waals surface area contributed by atoms with Gasteiger partial charge in [0.1, 0.15) is 0 Å². The van der Waals surface area contributed by atoms with E-state index in [1.165, 1.54) is 0 Å². The van der Waals surface area contributed by atoms with Crippen LogP contribution < -0.4 is 5.73 Å². The molecule has 1 heterocycles. The quantitative estimate of drug-likeness (QED) is 0.733. The van der Waals surface area contributed by atoms with Crippen LogP contribution in [0.4, 0.5) is 0 Å². The van der Waals surface area contributed by atoms with Gasteiger partial charge in [0.05, 0.1) is 6.61 Å². The van der Waals surface area contributed by atoms with Gasteiger partial charge in [-0.3, -0.25) is 4.79 Å². The fourth-order valence-corrected chi connectivity index (χ4v) is 2.08. The minimum absolute atomic E-state index is 0.277. The van der Waals surface area contributed by atoms with Crippen molar-refractivity contribution >= 4 is 5.91 Å². The average molecular weight is 228 g/mol. The molecule has 2 atom stereocenters. The maximum absolute atomic E-state index is 11.9. The zero-order chi connectivity index (χ0) is 12.0. The van der Waals surface area contributed by atoms with Crippen LogP contribution in [0.3, 0.4) is 0 Å². The molecule has 1 aliphatic heterocycles. The molecule has 0 aromatic carbocycles. The second-order valence-electron chi connectivity index (χ2n) is 4.83. The van der Waals surface area contributed by atoms with Crippen LogP contribution in [0.2, 0.25) is 0 Å². The lowest BCUT2D eigenvalue weighted by Crippen LogP contribution is -2.29. The topological polar surface area (TPSA) is 55.6 Å². The molecule has 4 nitrogen and oxygen atoms in total. The summed E-state index contributed by atoms with van der Waals surface area (Å²) in [6.07, 6.45) is 2.62. The van der Waals surface area contributed by atoms with E-state index in [0.29, 0.717) is 24.8 Å². The first-order valence-corrected chi connectivity index (χ1v) is 6.14. The Labute approximate surface area is 98.1 Å². The molecule has 0 aliphatic carbocycles. The van der Waals surface area contributed by atoms with Crippen molar-refractivity contribution in [2.45, 2.75) is 26.2 Å². The average Bonchev–Trinajstić information content (AvgIpc) is 2.74. The van der Waals surface area contributed by atoms with Crippen molar-refractivity contribution in [2.75, 3.05) is 33.4 Å². The van der Waals surface area contributed by atoms with E-state index in [9.17, 15) is 4.79 Å². The Kier molecular flexibility index (Phi) is 5.77. The molecule has 4 heteroatoms. The molecule has 1 amide bonds. The van der Waals surface area contributed by atoms with Crippen LogP contribution in [-0.4, -0.2) is 44.2 Å². The zero-order valence-electron chi connectivity index (χ0n) is 10.4. The number of rotatable bonds is 6. The van der Waals surface area contributed by atoms with Crippen molar-refractivity contribution in [3.05, 3.63) is 0 Å². The van der Waals surface area contributed by atoms with Crippen molar-refractivity contribution in [3.8, 4) is 0 Å². The summed E-state index contributed by atoms with van der Waals surface area (Å²) in [6, 6.07) is 0. The lowest BCUT2D eigenvalue weighted by molar-refractivity contribution is -0.130. The highest BCUT2D eigenvalue weighted by Crippen LogP contribution is 2.18. The summed E-state index contributed by atoms with van der Waals surface area (Å²) in [6.45, 7) is 5.28. The summed E-state index contributed by atoms with van der Waals surface area (Å²) < 4.78 is 5.11. The molecule has 0 spiro atoms. The summed E-state index contributed by atoms with van der Waals surface area (Å²) in [7, 11) is 1.72. The molecule has 0 saturated carbocycles. The van der Waals surface area contributed by atoms with Crippen LogP contribution in [0.15, 0.2) is 0 Å². The van der Waals surface area contributed by atoms with E-state index in [1.807, 2.05) is 4.90 Å². The molecule has 2 N–H and O–H groups in total. The maximum atomic E-state index is 11.9. The van der Waals surface area contributed by atoms with Crippen molar-refractivity contribution < 1.29 is 9.53 Å². The van der Waals surface area contributed by atoms with Crippen molar-refractivity contribution in [2.24, 2.45) is 17.6 Å². The maximum Gasteiger partial charge on any atom is 0.222 e. The highest BCUT2D eigenvalue weighted by molar-refractivity contribution is 5.76. The van der Waals surface area contributed by atoms with E-state index in [0.717, 1.165) is 32.5 Å². The third-order valence-electron chi connectivity index (χ3n) is 3.29. The lowest BCUT2D eigenvalue weighted by atomic mass is 10.1. The van der Waals surface area contributed by atoms with E-state index in [-0.39, 0.29) is 5.91 Å². The van der Waals surface area contributed by atoms with Crippen molar-refractivity contribution in [1.29, 1.82) is 0 Å². The standard InChI is InChI=1S/C12H24N2O2/c1-10(7-13)3-4-12(15)14-6-5-11(8-14)9-16-2/h10-11H,3-9,13H2,1-2H3. The second kappa shape index (κ2) is 6.86. The number of nitrogens with zero attached hydrogens (tertiary/aromatic N) is 1. The molecule has 1 saturated heterocycles. The molecule has 0 aromatic heterocycles. The fourth-order valence-electron chi connectivity index (χ4n) is 2.08. The fraction of sp³-hybridized carbons (Fsp3) is 0.917. The Morgan fingerprint density at radius 1 is 1.62 bits per heavy atom. The Morgan fingerprint density at radius 3 is 3.00 bits per heavy atom. The SMILES string of the molecule is COCC1CCN(C(=O)CCC(C)CN)C1. The van der Waals surface area contributed by atoms with E-state index < -0.39 is 0 Å². The number of carbonyl (C=O) groups is 1. The van der Waals surface area contributed by atoms with Crippen LogP contribution in [0.1, 0.15) is 26.2 Å². The van der Waals surface area contributed by atoms with Gasteiger partial charge in [0.15, 0.2) is 0 Å². The van der Waals surface area contributed by atoms with Crippen LogP contribution in [-0.2, 0) is 9.53 Å². The summed E-state index contributed by atoms with van der Waals surface area (Å²) >= 11 is 0. The predicted octanol–water partition coefficient (Wildman–Crippen LogP) is 0.856. The number of likely N-dealkylation sites (tertiary alicyclic amines) is 1.